The molecular weight excluding hydrogens is 951 g/mol. The number of carbonyl (C=O) groups is 1. The Kier molecular flexibility index (Phi) is 33.8. The van der Waals surface area contributed by atoms with Gasteiger partial charge in [0.15, 0.2) is 18.9 Å². The molecule has 3 saturated heterocycles. The number of nitrogens with one attached hydrogen (secondary N) is 1. The number of allylic oxidation sites excluding steroid dienone is 10. The third kappa shape index (κ3) is 23.3. The molecule has 0 aromatic carbocycles. The van der Waals surface area contributed by atoms with Crippen LogP contribution in [-0.2, 0) is 33.2 Å². The monoisotopic (exact) mass is 1040 g/mol. The van der Waals surface area contributed by atoms with Crippen molar-refractivity contribution in [3.05, 3.63) is 60.8 Å². The van der Waals surface area contributed by atoms with Gasteiger partial charge in [0.1, 0.15) is 73.2 Å². The molecule has 1 amide bonds. The summed E-state index contributed by atoms with van der Waals surface area (Å²) in [5.41, 5.74) is 0. The summed E-state index contributed by atoms with van der Waals surface area (Å²) in [5.74, 6) is -0.266. The Morgan fingerprint density at radius 1 is 0.507 bits per heavy atom. The van der Waals surface area contributed by atoms with Crippen LogP contribution < -0.4 is 5.32 Å². The lowest BCUT2D eigenvalue weighted by Gasteiger charge is -2.48. The average Bonchev–Trinajstić information content (AvgIpc) is 3.38. The van der Waals surface area contributed by atoms with Crippen LogP contribution in [0.15, 0.2) is 60.8 Å². The summed E-state index contributed by atoms with van der Waals surface area (Å²) in [7, 11) is 0. The molecule has 0 aliphatic carbocycles. The molecule has 17 atom stereocenters. The van der Waals surface area contributed by atoms with Gasteiger partial charge in [-0.15, -0.1) is 0 Å². The lowest BCUT2D eigenvalue weighted by atomic mass is 9.96. The van der Waals surface area contributed by atoms with Gasteiger partial charge in [0.25, 0.3) is 0 Å². The van der Waals surface area contributed by atoms with E-state index in [-0.39, 0.29) is 18.9 Å². The Labute approximate surface area is 433 Å². The Hall–Kier alpha value is -2.51. The van der Waals surface area contributed by atoms with Crippen molar-refractivity contribution < 1.29 is 89.4 Å². The first-order valence-electron chi connectivity index (χ1n) is 27.0. The number of unbranched alkanes of at least 4 members (excludes halogenated alkanes) is 11. The van der Waals surface area contributed by atoms with Gasteiger partial charge in [0.05, 0.1) is 38.6 Å². The molecule has 12 N–H and O–H groups in total. The van der Waals surface area contributed by atoms with E-state index in [9.17, 15) is 61.0 Å². The van der Waals surface area contributed by atoms with Gasteiger partial charge in [-0.3, -0.25) is 4.79 Å². The van der Waals surface area contributed by atoms with Gasteiger partial charge in [0, 0.05) is 6.42 Å². The minimum atomic E-state index is -1.97. The molecule has 73 heavy (non-hydrogen) atoms. The van der Waals surface area contributed by atoms with E-state index in [0.29, 0.717) is 19.3 Å². The zero-order valence-electron chi connectivity index (χ0n) is 43.3. The van der Waals surface area contributed by atoms with Crippen molar-refractivity contribution in [1.82, 2.24) is 5.32 Å². The third-order valence-electron chi connectivity index (χ3n) is 13.4. The minimum absolute atomic E-state index is 0.248. The van der Waals surface area contributed by atoms with Crippen molar-refractivity contribution in [3.8, 4) is 0 Å². The summed E-state index contributed by atoms with van der Waals surface area (Å²) in [6.45, 7) is 1.52. The van der Waals surface area contributed by atoms with Crippen LogP contribution in [0.3, 0.4) is 0 Å². The summed E-state index contributed by atoms with van der Waals surface area (Å²) in [6.07, 6.45) is 13.9. The van der Waals surface area contributed by atoms with Crippen LogP contribution in [0.2, 0.25) is 0 Å². The molecule has 0 aromatic heterocycles. The van der Waals surface area contributed by atoms with E-state index in [1.54, 1.807) is 0 Å². The van der Waals surface area contributed by atoms with Gasteiger partial charge in [-0.1, -0.05) is 139 Å². The second kappa shape index (κ2) is 38.1. The number of hydrogen-bond donors (Lipinski definition) is 12. The maximum absolute atomic E-state index is 13.2. The highest BCUT2D eigenvalue weighted by Gasteiger charge is 2.53. The van der Waals surface area contributed by atoms with Crippen LogP contribution in [0.4, 0.5) is 0 Å². The summed E-state index contributed by atoms with van der Waals surface area (Å²) in [5, 5.41) is 119. The second-order valence-corrected chi connectivity index (χ2v) is 19.3. The molecule has 0 spiro atoms. The summed E-state index contributed by atoms with van der Waals surface area (Å²) >= 11 is 0. The van der Waals surface area contributed by atoms with Crippen molar-refractivity contribution in [3.63, 3.8) is 0 Å². The number of carbonyl (C=O) groups excluding carboxylic acids is 1. The summed E-state index contributed by atoms with van der Waals surface area (Å²) in [4.78, 5) is 13.2. The van der Waals surface area contributed by atoms with Gasteiger partial charge in [-0.05, 0) is 57.8 Å². The van der Waals surface area contributed by atoms with Gasteiger partial charge < -0.3 is 89.9 Å². The van der Waals surface area contributed by atoms with Crippen LogP contribution in [0.5, 0.6) is 0 Å². The molecular formula is C54H93NO18. The Bertz CT molecular complexity index is 1580. The Morgan fingerprint density at radius 2 is 0.945 bits per heavy atom. The maximum Gasteiger partial charge on any atom is 0.220 e. The van der Waals surface area contributed by atoms with Gasteiger partial charge >= 0.3 is 0 Å². The predicted octanol–water partition coefficient (Wildman–Crippen LogP) is 2.92. The zero-order chi connectivity index (χ0) is 53.4. The van der Waals surface area contributed by atoms with E-state index in [0.717, 1.165) is 103 Å². The van der Waals surface area contributed by atoms with Gasteiger partial charge in [0.2, 0.25) is 5.91 Å². The molecule has 422 valence electrons. The third-order valence-corrected chi connectivity index (χ3v) is 13.4. The molecule has 19 heteroatoms. The molecule has 0 saturated carbocycles. The lowest BCUT2D eigenvalue weighted by Crippen LogP contribution is -2.66. The maximum atomic E-state index is 13.2. The fourth-order valence-corrected chi connectivity index (χ4v) is 8.87. The number of hydrogen-bond acceptors (Lipinski definition) is 18. The first-order chi connectivity index (χ1) is 35.3. The van der Waals surface area contributed by atoms with Gasteiger partial charge in [-0.2, -0.15) is 0 Å². The highest BCUT2D eigenvalue weighted by atomic mass is 16.8. The van der Waals surface area contributed by atoms with E-state index >= 15 is 0 Å². The fraction of sp³-hybridized carbons (Fsp3) is 0.796. The first-order valence-corrected chi connectivity index (χ1v) is 27.0. The number of ether oxygens (including phenoxy) is 6. The number of rotatable bonds is 37. The van der Waals surface area contributed by atoms with E-state index in [1.165, 1.54) is 0 Å². The smallest absolute Gasteiger partial charge is 0.220 e. The van der Waals surface area contributed by atoms with Crippen molar-refractivity contribution in [2.24, 2.45) is 0 Å². The molecule has 17 unspecified atom stereocenters. The predicted molar refractivity (Wildman–Crippen MR) is 272 cm³/mol. The molecule has 3 rings (SSSR count). The number of aliphatic hydroxyl groups excluding tert-OH is 11. The van der Waals surface area contributed by atoms with E-state index in [1.807, 2.05) is 0 Å². The molecule has 3 aliphatic rings. The van der Waals surface area contributed by atoms with Crippen molar-refractivity contribution in [1.29, 1.82) is 0 Å². The SMILES string of the molecule is CC/C=C\C/C=C\C/C=C\C/C=C\C/C=C\CCCCCCCCCC(=O)NC(COC1OC(CO)C(OC2OC(CO)C(OC3OC(CO)C(O)C(O)C3O)C(O)C2O)C(O)C1O)C(O)CCCCCCC. The average molecular weight is 1040 g/mol. The fourth-order valence-electron chi connectivity index (χ4n) is 8.87. The molecule has 0 radical (unpaired) electrons. The minimum Gasteiger partial charge on any atom is -0.394 e. The van der Waals surface area contributed by atoms with Crippen LogP contribution in [0.1, 0.15) is 142 Å². The normalized spacial score (nSPS) is 32.2. The summed E-state index contributed by atoms with van der Waals surface area (Å²) < 4.78 is 34.0. The highest BCUT2D eigenvalue weighted by Crippen LogP contribution is 2.33. The standard InChI is InChI=1S/C54H93NO18/c1-3-5-7-9-10-11-12-13-14-15-16-17-18-19-20-21-22-23-24-25-26-28-30-32-42(60)55-37(38(59)31-29-27-8-6-4-2)36-68-52-48(66)45(63)50(40(34-57)70-52)73-54-49(67)46(64)51(41(35-58)71-54)72-53-47(65)44(62)43(61)39(33-56)69-53/h5,7,10-11,13-14,16-17,19-20,37-41,43-54,56-59,61-67H,3-4,6,8-9,12,15,18,21-36H2,1-2H3,(H,55,60)/b7-5-,11-10-,14-13-,17-16-,20-19-. The van der Waals surface area contributed by atoms with Crippen LogP contribution in [0, 0.1) is 0 Å². The van der Waals surface area contributed by atoms with E-state index in [2.05, 4.69) is 79.9 Å². The van der Waals surface area contributed by atoms with Crippen molar-refractivity contribution in [2.45, 2.75) is 247 Å². The Balaban J connectivity index is 1.43. The molecule has 0 aromatic rings. The molecule has 3 heterocycles. The zero-order valence-corrected chi connectivity index (χ0v) is 43.3. The lowest BCUT2D eigenvalue weighted by molar-refractivity contribution is -0.379. The number of aliphatic hydroxyl groups is 11. The summed E-state index contributed by atoms with van der Waals surface area (Å²) in [6, 6.07) is -0.892. The van der Waals surface area contributed by atoms with Crippen molar-refractivity contribution in [2.75, 3.05) is 26.4 Å². The molecule has 0 bridgehead atoms. The van der Waals surface area contributed by atoms with Crippen LogP contribution in [0.25, 0.3) is 0 Å². The topological polar surface area (TPSA) is 307 Å². The van der Waals surface area contributed by atoms with E-state index in [4.69, 9.17) is 28.4 Å². The highest BCUT2D eigenvalue weighted by molar-refractivity contribution is 5.76. The van der Waals surface area contributed by atoms with Crippen molar-refractivity contribution >= 4 is 5.91 Å². The molecule has 19 nitrogen and oxygen atoms in total. The number of amides is 1. The van der Waals surface area contributed by atoms with Crippen LogP contribution in [-0.4, -0.2) is 193 Å². The Morgan fingerprint density at radius 3 is 1.48 bits per heavy atom. The first kappa shape index (κ1) is 64.8. The van der Waals surface area contributed by atoms with Gasteiger partial charge in [-0.25, -0.2) is 0 Å². The molecule has 3 fully saturated rings. The second-order valence-electron chi connectivity index (χ2n) is 19.3. The molecule has 3 aliphatic heterocycles. The quantitative estimate of drug-likeness (QED) is 0.0315. The van der Waals surface area contributed by atoms with E-state index < -0.39 is 124 Å². The van der Waals surface area contributed by atoms with Crippen LogP contribution >= 0.6 is 0 Å². The largest absolute Gasteiger partial charge is 0.394 e.